The first-order valence-corrected chi connectivity index (χ1v) is 28.0. The van der Waals surface area contributed by atoms with Crippen LogP contribution in [0.4, 0.5) is 0 Å². The highest BCUT2D eigenvalue weighted by Crippen LogP contribution is 2.42. The van der Waals surface area contributed by atoms with Crippen LogP contribution < -0.4 is 11.1 Å². The van der Waals surface area contributed by atoms with Crippen LogP contribution in [-0.4, -0.2) is 18.8 Å². The summed E-state index contributed by atoms with van der Waals surface area (Å²) in [4.78, 5) is 40.5. The molecule has 4 heterocycles. The third kappa shape index (κ3) is 7.72. The van der Waals surface area contributed by atoms with E-state index in [1.54, 1.807) is 0 Å². The molecule has 0 aliphatic heterocycles. The van der Waals surface area contributed by atoms with Crippen molar-refractivity contribution in [2.75, 3.05) is 0 Å². The van der Waals surface area contributed by atoms with Gasteiger partial charge in [-0.25, -0.2) is 9.97 Å². The summed E-state index contributed by atoms with van der Waals surface area (Å²) < 4.78 is 3.64. The van der Waals surface area contributed by atoms with Gasteiger partial charge in [-0.05, 0) is 138 Å². The van der Waals surface area contributed by atoms with E-state index in [0.717, 1.165) is 139 Å². The fourth-order valence-electron chi connectivity index (χ4n) is 12.8. The van der Waals surface area contributed by atoms with Crippen LogP contribution >= 0.6 is 0 Å². The number of allylic oxidation sites excluding steroid dienone is 1. The molecule has 0 N–H and O–H groups in total. The lowest BCUT2D eigenvalue weighted by atomic mass is 9.93. The lowest BCUT2D eigenvalue weighted by Crippen LogP contribution is -2.13. The van der Waals surface area contributed by atoms with E-state index in [-0.39, 0.29) is 11.1 Å². The Bertz CT molecular complexity index is 5440. The molecule has 0 fully saturated rings. The molecule has 83 heavy (non-hydrogen) atoms. The van der Waals surface area contributed by atoms with Gasteiger partial charge in [-0.3, -0.25) is 18.4 Å². The summed E-state index contributed by atoms with van der Waals surface area (Å²) in [6.45, 7) is 3.91. The van der Waals surface area contributed by atoms with Crippen molar-refractivity contribution in [1.29, 1.82) is 0 Å². The van der Waals surface area contributed by atoms with Crippen LogP contribution in [0.5, 0.6) is 0 Å². The molecule has 0 aliphatic rings. The molecule has 388 valence electrons. The quantitative estimate of drug-likeness (QED) is 0.101. The summed E-state index contributed by atoms with van der Waals surface area (Å²) in [5.74, 6) is 0. The Labute approximate surface area is 476 Å². The van der Waals surface area contributed by atoms with Crippen molar-refractivity contribution in [2.24, 2.45) is 0 Å². The fraction of sp³-hybridized carbons (Fsp3) is 0.0130. The van der Waals surface area contributed by atoms with E-state index >= 15 is 0 Å². The molecule has 0 amide bonds. The van der Waals surface area contributed by atoms with Gasteiger partial charge in [0.15, 0.2) is 0 Å². The molecule has 0 saturated carbocycles. The van der Waals surface area contributed by atoms with Gasteiger partial charge in [0.2, 0.25) is 0 Å². The van der Waals surface area contributed by atoms with E-state index in [4.69, 9.17) is 9.97 Å². The SMILES string of the molecule is C=CCc1ccc(-c2ccc3c4c2cccc4c(=O)n2c4cc(-c5cccc(/C=C/c6ccc(-c7ccc8c(=O)n9c%10cc(-c%11ccccc%11)cc(-c%11ccccc%11)c%10nc9c9cccc7c89)cc6)c5)cc(-c5ccccc5)c4nc32)cc1. The minimum atomic E-state index is -0.0883. The molecule has 0 spiro atoms. The topological polar surface area (TPSA) is 68.7 Å². The highest BCUT2D eigenvalue weighted by molar-refractivity contribution is 6.21. The van der Waals surface area contributed by atoms with Crippen LogP contribution in [0.15, 0.2) is 271 Å². The minimum Gasteiger partial charge on any atom is -0.268 e. The molecule has 0 aliphatic carbocycles. The van der Waals surface area contributed by atoms with Gasteiger partial charge < -0.3 is 0 Å². The van der Waals surface area contributed by atoms with Gasteiger partial charge in [0.25, 0.3) is 11.1 Å². The molecule has 12 aromatic carbocycles. The zero-order valence-corrected chi connectivity index (χ0v) is 44.9. The van der Waals surface area contributed by atoms with Crippen LogP contribution in [0.2, 0.25) is 0 Å². The van der Waals surface area contributed by atoms with Crippen molar-refractivity contribution in [3.05, 3.63) is 299 Å². The maximum absolute atomic E-state index is 15.0. The molecule has 6 heteroatoms. The summed E-state index contributed by atoms with van der Waals surface area (Å²) in [5.41, 5.74) is 20.0. The zero-order valence-electron chi connectivity index (χ0n) is 44.9. The van der Waals surface area contributed by atoms with Crippen LogP contribution in [0.25, 0.3) is 155 Å². The molecular weight excluding hydrogens is 1010 g/mol. The van der Waals surface area contributed by atoms with Crippen molar-refractivity contribution >= 4 is 88.6 Å². The number of fused-ring (bicyclic) bond motifs is 8. The smallest absolute Gasteiger partial charge is 0.264 e. The molecule has 16 rings (SSSR count). The summed E-state index contributed by atoms with van der Waals surface area (Å²) in [6.07, 6.45) is 7.02. The first-order chi connectivity index (χ1) is 40.9. The van der Waals surface area contributed by atoms with Crippen LogP contribution in [0.3, 0.4) is 0 Å². The van der Waals surface area contributed by atoms with Gasteiger partial charge in [0.05, 0.1) is 22.1 Å². The van der Waals surface area contributed by atoms with E-state index in [9.17, 15) is 9.59 Å². The number of imidazole rings is 2. The Hall–Kier alpha value is -11.1. The average Bonchev–Trinajstić information content (AvgIpc) is 2.40. The Balaban J connectivity index is 0.752. The second-order valence-corrected chi connectivity index (χ2v) is 21.6. The van der Waals surface area contributed by atoms with Crippen molar-refractivity contribution in [3.63, 3.8) is 0 Å². The number of benzene rings is 12. The van der Waals surface area contributed by atoms with E-state index < -0.39 is 0 Å². The van der Waals surface area contributed by atoms with Crippen LogP contribution in [0.1, 0.15) is 16.7 Å². The predicted molar refractivity (Wildman–Crippen MR) is 346 cm³/mol. The molecule has 0 radical (unpaired) electrons. The normalized spacial score (nSPS) is 12.0. The highest BCUT2D eigenvalue weighted by Gasteiger charge is 2.23. The second-order valence-electron chi connectivity index (χ2n) is 21.6. The van der Waals surface area contributed by atoms with E-state index in [1.807, 2.05) is 87.7 Å². The predicted octanol–water partition coefficient (Wildman–Crippen LogP) is 18.4. The molecular formula is C77H48N4O2. The van der Waals surface area contributed by atoms with Gasteiger partial charge in [-0.2, -0.15) is 0 Å². The summed E-state index contributed by atoms with van der Waals surface area (Å²) in [6, 6.07) is 86.1. The van der Waals surface area contributed by atoms with E-state index in [2.05, 4.69) is 195 Å². The molecule has 4 aromatic heterocycles. The van der Waals surface area contributed by atoms with Crippen molar-refractivity contribution in [1.82, 2.24) is 18.8 Å². The molecule has 0 unspecified atom stereocenters. The molecule has 16 aromatic rings. The number of nitrogens with zero attached hydrogens (tertiary/aromatic N) is 4. The van der Waals surface area contributed by atoms with Crippen molar-refractivity contribution in [2.45, 2.75) is 6.42 Å². The van der Waals surface area contributed by atoms with Gasteiger partial charge in [0.1, 0.15) is 11.3 Å². The number of hydrogen-bond acceptors (Lipinski definition) is 4. The van der Waals surface area contributed by atoms with Gasteiger partial charge in [0, 0.05) is 43.4 Å². The molecule has 6 nitrogen and oxygen atoms in total. The maximum atomic E-state index is 15.0. The Kier molecular flexibility index (Phi) is 11.0. The van der Waals surface area contributed by atoms with Crippen LogP contribution in [-0.2, 0) is 6.42 Å². The lowest BCUT2D eigenvalue weighted by Gasteiger charge is -2.12. The maximum Gasteiger partial charge on any atom is 0.264 e. The Morgan fingerprint density at radius 1 is 0.337 bits per heavy atom. The van der Waals surface area contributed by atoms with Gasteiger partial charge in [-0.1, -0.05) is 218 Å². The molecule has 0 bridgehead atoms. The van der Waals surface area contributed by atoms with Crippen LogP contribution in [0, 0.1) is 0 Å². The van der Waals surface area contributed by atoms with Crippen molar-refractivity contribution < 1.29 is 0 Å². The monoisotopic (exact) mass is 1060 g/mol. The first-order valence-electron chi connectivity index (χ1n) is 28.0. The van der Waals surface area contributed by atoms with E-state index in [0.29, 0.717) is 22.1 Å². The first kappa shape index (κ1) is 47.9. The average molecular weight is 1060 g/mol. The zero-order chi connectivity index (χ0) is 55.3. The highest BCUT2D eigenvalue weighted by atomic mass is 16.1. The third-order valence-electron chi connectivity index (χ3n) is 16.8. The Morgan fingerprint density at radius 3 is 1.34 bits per heavy atom. The number of aromatic nitrogens is 4. The third-order valence-corrected chi connectivity index (χ3v) is 16.8. The number of rotatable bonds is 10. The number of hydrogen-bond donors (Lipinski definition) is 0. The molecule has 0 saturated heterocycles. The van der Waals surface area contributed by atoms with Crippen molar-refractivity contribution in [3.8, 4) is 66.8 Å². The standard InChI is InChI=1S/C77H48N4O2/c1-2-15-47-30-34-53(35-31-47)58-38-40-63-71-61(58)25-14-27-64(71)76(82)81-69-46-57(44-67(73(69)79-75(63)81)52-21-10-5-11-22-52)55-23-12-16-49(42-55)29-28-48-32-36-54(37-33-48)59-39-41-65-70-60(59)24-13-26-62(70)74-78-72-66(51-19-8-4-9-20-51)43-56(50-17-6-3-7-18-50)45-68(72)80(74)77(65)83/h2-14,16-46H,1,15H2/b29-28+. The second kappa shape index (κ2) is 19.0. The minimum absolute atomic E-state index is 0.0829. The largest absolute Gasteiger partial charge is 0.268 e. The fourth-order valence-corrected chi connectivity index (χ4v) is 12.8. The summed E-state index contributed by atoms with van der Waals surface area (Å²) in [7, 11) is 0. The number of pyridine rings is 2. The van der Waals surface area contributed by atoms with Gasteiger partial charge >= 0.3 is 0 Å². The Morgan fingerprint density at radius 2 is 0.771 bits per heavy atom. The van der Waals surface area contributed by atoms with Gasteiger partial charge in [-0.15, -0.1) is 6.58 Å². The molecule has 0 atom stereocenters. The summed E-state index contributed by atoms with van der Waals surface area (Å²) >= 11 is 0. The lowest BCUT2D eigenvalue weighted by molar-refractivity contribution is 1.19. The summed E-state index contributed by atoms with van der Waals surface area (Å²) in [5, 5.41) is 7.08. The van der Waals surface area contributed by atoms with E-state index in [1.165, 1.54) is 5.56 Å².